The van der Waals surface area contributed by atoms with Crippen molar-refractivity contribution < 1.29 is 18.7 Å². The number of carbonyl (C=O) groups excluding carboxylic acids is 2. The van der Waals surface area contributed by atoms with Gasteiger partial charge in [-0.1, -0.05) is 36.4 Å². The number of hydrogen-bond acceptors (Lipinski definition) is 5. The second-order valence-electron chi connectivity index (χ2n) is 7.42. The predicted molar refractivity (Wildman–Crippen MR) is 116 cm³/mol. The first-order valence-corrected chi connectivity index (χ1v) is 10.4. The van der Waals surface area contributed by atoms with Gasteiger partial charge in [-0.3, -0.25) is 9.59 Å². The molecule has 1 N–H and O–H groups in total. The van der Waals surface area contributed by atoms with E-state index in [1.165, 1.54) is 6.39 Å². The van der Waals surface area contributed by atoms with Crippen molar-refractivity contribution in [1.82, 2.24) is 15.2 Å². The van der Waals surface area contributed by atoms with Crippen molar-refractivity contribution in [1.29, 1.82) is 0 Å². The number of piperidine rings is 1. The number of carbonyl (C=O) groups is 2. The van der Waals surface area contributed by atoms with Crippen molar-refractivity contribution in [2.75, 3.05) is 20.2 Å². The summed E-state index contributed by atoms with van der Waals surface area (Å²) >= 11 is 0. The number of ether oxygens (including phenoxy) is 1. The lowest BCUT2D eigenvalue weighted by Crippen LogP contribution is -2.35. The van der Waals surface area contributed by atoms with Crippen LogP contribution in [0.1, 0.15) is 45.7 Å². The highest BCUT2D eigenvalue weighted by Crippen LogP contribution is 2.28. The normalized spacial score (nSPS) is 13.6. The zero-order valence-electron chi connectivity index (χ0n) is 17.5. The molecule has 7 nitrogen and oxygen atoms in total. The van der Waals surface area contributed by atoms with Gasteiger partial charge in [0.15, 0.2) is 17.8 Å². The van der Waals surface area contributed by atoms with Crippen molar-refractivity contribution >= 4 is 11.8 Å². The molecule has 1 fully saturated rings. The van der Waals surface area contributed by atoms with E-state index in [4.69, 9.17) is 9.15 Å². The van der Waals surface area contributed by atoms with E-state index >= 15 is 0 Å². The van der Waals surface area contributed by atoms with E-state index < -0.39 is 0 Å². The third-order valence-electron chi connectivity index (χ3n) is 5.46. The minimum Gasteiger partial charge on any atom is -0.496 e. The molecule has 2 aromatic carbocycles. The second-order valence-corrected chi connectivity index (χ2v) is 7.42. The Labute approximate surface area is 181 Å². The molecule has 4 rings (SSSR count). The number of nitrogens with zero attached hydrogens (tertiary/aromatic N) is 2. The largest absolute Gasteiger partial charge is 0.496 e. The lowest BCUT2D eigenvalue weighted by Gasteiger charge is -2.27. The van der Waals surface area contributed by atoms with E-state index in [-0.39, 0.29) is 24.1 Å². The fourth-order valence-corrected chi connectivity index (χ4v) is 3.84. The van der Waals surface area contributed by atoms with Gasteiger partial charge in [-0.25, -0.2) is 4.98 Å². The van der Waals surface area contributed by atoms with Crippen LogP contribution in [0.2, 0.25) is 0 Å². The highest BCUT2D eigenvalue weighted by Gasteiger charge is 2.25. The molecular weight excluding hydrogens is 394 g/mol. The lowest BCUT2D eigenvalue weighted by molar-refractivity contribution is 0.0724. The standard InChI is InChI=1S/C24H25N3O4/c1-30-20-12-6-3-9-17(20)15-25-23(28)21-22(31-16-26-21)18-10-4-5-11-19(18)24(29)27-13-7-2-8-14-27/h3-6,9-12,16H,2,7-8,13-15H2,1H3,(H,25,28). The van der Waals surface area contributed by atoms with Gasteiger partial charge in [0.2, 0.25) is 0 Å². The van der Waals surface area contributed by atoms with E-state index in [2.05, 4.69) is 10.3 Å². The molecule has 0 unspecified atom stereocenters. The molecule has 0 aliphatic carbocycles. The quantitative estimate of drug-likeness (QED) is 0.655. The van der Waals surface area contributed by atoms with E-state index in [1.807, 2.05) is 41.3 Å². The molecular formula is C24H25N3O4. The monoisotopic (exact) mass is 419 g/mol. The Kier molecular flexibility index (Phi) is 6.31. The van der Waals surface area contributed by atoms with E-state index in [9.17, 15) is 9.59 Å². The molecule has 31 heavy (non-hydrogen) atoms. The number of aromatic nitrogens is 1. The molecule has 0 atom stereocenters. The Morgan fingerprint density at radius 2 is 1.81 bits per heavy atom. The minimum atomic E-state index is -0.380. The van der Waals surface area contributed by atoms with E-state index in [0.29, 0.717) is 22.6 Å². The summed E-state index contributed by atoms with van der Waals surface area (Å²) in [7, 11) is 1.59. The molecule has 1 saturated heterocycles. The van der Waals surface area contributed by atoms with Crippen LogP contribution >= 0.6 is 0 Å². The van der Waals surface area contributed by atoms with Crippen LogP contribution in [0.4, 0.5) is 0 Å². The van der Waals surface area contributed by atoms with Crippen LogP contribution in [-0.2, 0) is 6.54 Å². The summed E-state index contributed by atoms with van der Waals surface area (Å²) in [5, 5.41) is 2.86. The van der Waals surface area contributed by atoms with Crippen molar-refractivity contribution in [3.8, 4) is 17.1 Å². The lowest BCUT2D eigenvalue weighted by atomic mass is 10.0. The van der Waals surface area contributed by atoms with Crippen molar-refractivity contribution in [3.63, 3.8) is 0 Å². The molecule has 3 aromatic rings. The van der Waals surface area contributed by atoms with Gasteiger partial charge in [-0.2, -0.15) is 0 Å². The molecule has 0 spiro atoms. The minimum absolute atomic E-state index is 0.0490. The number of nitrogens with one attached hydrogen (secondary N) is 1. The van der Waals surface area contributed by atoms with Gasteiger partial charge in [-0.15, -0.1) is 0 Å². The fraction of sp³-hybridized carbons (Fsp3) is 0.292. The number of amides is 2. The fourth-order valence-electron chi connectivity index (χ4n) is 3.84. The first-order chi connectivity index (χ1) is 15.2. The smallest absolute Gasteiger partial charge is 0.274 e. The maximum absolute atomic E-state index is 13.1. The van der Waals surface area contributed by atoms with Crippen LogP contribution in [0.25, 0.3) is 11.3 Å². The van der Waals surface area contributed by atoms with Gasteiger partial charge in [-0.05, 0) is 31.4 Å². The highest BCUT2D eigenvalue weighted by atomic mass is 16.5. The Balaban J connectivity index is 1.57. The SMILES string of the molecule is COc1ccccc1CNC(=O)c1ncoc1-c1ccccc1C(=O)N1CCCCC1. The third kappa shape index (κ3) is 4.45. The van der Waals surface area contributed by atoms with Gasteiger partial charge in [0.05, 0.1) is 12.7 Å². The number of benzene rings is 2. The van der Waals surface area contributed by atoms with Gasteiger partial charge in [0.25, 0.3) is 11.8 Å². The predicted octanol–water partition coefficient (Wildman–Crippen LogP) is 3.91. The number of rotatable bonds is 6. The van der Waals surface area contributed by atoms with Gasteiger partial charge >= 0.3 is 0 Å². The van der Waals surface area contributed by atoms with Crippen LogP contribution < -0.4 is 10.1 Å². The summed E-state index contributed by atoms with van der Waals surface area (Å²) in [4.78, 5) is 32.0. The van der Waals surface area contributed by atoms with Crippen LogP contribution in [0.5, 0.6) is 5.75 Å². The van der Waals surface area contributed by atoms with Crippen LogP contribution in [0.3, 0.4) is 0 Å². The third-order valence-corrected chi connectivity index (χ3v) is 5.46. The highest BCUT2D eigenvalue weighted by molar-refractivity contribution is 6.04. The Bertz CT molecular complexity index is 1070. The maximum Gasteiger partial charge on any atom is 0.274 e. The average molecular weight is 419 g/mol. The van der Waals surface area contributed by atoms with Crippen molar-refractivity contribution in [3.05, 3.63) is 71.7 Å². The Morgan fingerprint density at radius 3 is 2.61 bits per heavy atom. The molecule has 2 amide bonds. The number of methoxy groups -OCH3 is 1. The van der Waals surface area contributed by atoms with Gasteiger partial charge in [0.1, 0.15) is 5.75 Å². The summed E-state index contributed by atoms with van der Waals surface area (Å²) in [5.74, 6) is 0.557. The van der Waals surface area contributed by atoms with E-state index in [0.717, 1.165) is 37.9 Å². The Morgan fingerprint density at radius 1 is 1.06 bits per heavy atom. The van der Waals surface area contributed by atoms with Crippen molar-refractivity contribution in [2.45, 2.75) is 25.8 Å². The molecule has 1 aliphatic rings. The van der Waals surface area contributed by atoms with Gasteiger partial charge in [0, 0.05) is 30.8 Å². The summed E-state index contributed by atoms with van der Waals surface area (Å²) < 4.78 is 10.9. The molecule has 2 heterocycles. The first-order valence-electron chi connectivity index (χ1n) is 10.4. The zero-order chi connectivity index (χ0) is 21.6. The molecule has 7 heteroatoms. The molecule has 1 aliphatic heterocycles. The first kappa shape index (κ1) is 20.7. The number of hydrogen-bond donors (Lipinski definition) is 1. The molecule has 0 saturated carbocycles. The number of oxazole rings is 1. The molecule has 1 aromatic heterocycles. The summed E-state index contributed by atoms with van der Waals surface area (Å²) in [6, 6.07) is 14.7. The number of likely N-dealkylation sites (tertiary alicyclic amines) is 1. The summed E-state index contributed by atoms with van der Waals surface area (Å²) in [5.41, 5.74) is 2.08. The zero-order valence-corrected chi connectivity index (χ0v) is 17.5. The molecule has 0 radical (unpaired) electrons. The molecule has 160 valence electrons. The summed E-state index contributed by atoms with van der Waals surface area (Å²) in [6.45, 7) is 1.77. The maximum atomic E-state index is 13.1. The van der Waals surface area contributed by atoms with Crippen molar-refractivity contribution in [2.24, 2.45) is 0 Å². The summed E-state index contributed by atoms with van der Waals surface area (Å²) in [6.07, 6.45) is 4.39. The van der Waals surface area contributed by atoms with E-state index in [1.54, 1.807) is 19.2 Å². The van der Waals surface area contributed by atoms with Crippen LogP contribution in [0, 0.1) is 0 Å². The van der Waals surface area contributed by atoms with Crippen LogP contribution in [-0.4, -0.2) is 41.9 Å². The second kappa shape index (κ2) is 9.47. The topological polar surface area (TPSA) is 84.7 Å². The van der Waals surface area contributed by atoms with Crippen LogP contribution in [0.15, 0.2) is 59.3 Å². The number of para-hydroxylation sites is 1. The van der Waals surface area contributed by atoms with Gasteiger partial charge < -0.3 is 19.4 Å². The average Bonchev–Trinajstić information content (AvgIpc) is 3.33. The Hall–Kier alpha value is -3.61. The molecule has 0 bridgehead atoms.